The fourth-order valence-corrected chi connectivity index (χ4v) is 4.50. The van der Waals surface area contributed by atoms with E-state index < -0.39 is 5.97 Å². The maximum absolute atomic E-state index is 12.8. The van der Waals surface area contributed by atoms with E-state index in [2.05, 4.69) is 4.98 Å². The minimum atomic E-state index is -0.776. The number of carboxylic acids is 1. The molecule has 0 spiro atoms. The van der Waals surface area contributed by atoms with Crippen molar-refractivity contribution in [3.8, 4) is 0 Å². The Labute approximate surface area is 162 Å². The lowest BCUT2D eigenvalue weighted by Gasteiger charge is -2.35. The molecule has 1 aromatic carbocycles. The number of nitrogens with zero attached hydrogens (tertiary/aromatic N) is 2. The monoisotopic (exact) mass is 390 g/mol. The summed E-state index contributed by atoms with van der Waals surface area (Å²) < 4.78 is 5.88. The second-order valence-corrected chi connectivity index (χ2v) is 8.10. The van der Waals surface area contributed by atoms with Crippen molar-refractivity contribution < 1.29 is 19.1 Å². The lowest BCUT2D eigenvalue weighted by atomic mass is 9.80. The van der Waals surface area contributed by atoms with Gasteiger partial charge in [0, 0.05) is 29.9 Å². The van der Waals surface area contributed by atoms with E-state index in [9.17, 15) is 14.7 Å². The summed E-state index contributed by atoms with van der Waals surface area (Å²) in [6.45, 7) is 1.33. The first-order chi connectivity index (χ1) is 13.0. The third kappa shape index (κ3) is 3.81. The molecule has 2 aliphatic rings. The number of fused-ring (bicyclic) bond motifs is 1. The van der Waals surface area contributed by atoms with Gasteiger partial charge in [-0.05, 0) is 50.3 Å². The zero-order valence-electron chi connectivity index (χ0n) is 15.1. The van der Waals surface area contributed by atoms with Crippen LogP contribution >= 0.6 is 11.6 Å². The molecule has 2 atom stereocenters. The number of oxazole rings is 1. The van der Waals surface area contributed by atoms with Crippen molar-refractivity contribution in [3.05, 3.63) is 29.1 Å². The number of piperidine rings is 1. The molecule has 1 aliphatic carbocycles. The van der Waals surface area contributed by atoms with Gasteiger partial charge >= 0.3 is 5.97 Å². The van der Waals surface area contributed by atoms with Crippen molar-refractivity contribution in [2.45, 2.75) is 44.4 Å². The number of benzene rings is 1. The first kappa shape index (κ1) is 18.3. The highest BCUT2D eigenvalue weighted by atomic mass is 35.5. The number of halogens is 1. The number of likely N-dealkylation sites (tertiary alicyclic amines) is 1. The summed E-state index contributed by atoms with van der Waals surface area (Å²) in [6.07, 6.45) is 4.38. The second-order valence-electron chi connectivity index (χ2n) is 7.66. The van der Waals surface area contributed by atoms with Crippen LogP contribution < -0.4 is 0 Å². The Morgan fingerprint density at radius 1 is 1.15 bits per heavy atom. The Bertz CT molecular complexity index is 857. The normalized spacial score (nSPS) is 24.3. The van der Waals surface area contributed by atoms with Gasteiger partial charge in [0.15, 0.2) is 11.5 Å². The quantitative estimate of drug-likeness (QED) is 0.853. The van der Waals surface area contributed by atoms with E-state index in [1.165, 1.54) is 0 Å². The summed E-state index contributed by atoms with van der Waals surface area (Å²) in [5.74, 6) is -0.285. The molecule has 2 heterocycles. The molecule has 6 nitrogen and oxygen atoms in total. The minimum Gasteiger partial charge on any atom is -0.481 e. The molecule has 2 unspecified atom stereocenters. The molecule has 4 rings (SSSR count). The van der Waals surface area contributed by atoms with E-state index in [4.69, 9.17) is 16.0 Å². The third-order valence-corrected chi connectivity index (χ3v) is 6.13. The van der Waals surface area contributed by atoms with Crippen LogP contribution in [0.1, 0.15) is 50.3 Å². The molecule has 1 saturated heterocycles. The van der Waals surface area contributed by atoms with Crippen molar-refractivity contribution in [2.75, 3.05) is 13.1 Å². The number of carbonyl (C=O) groups is 2. The van der Waals surface area contributed by atoms with Gasteiger partial charge in [-0.1, -0.05) is 18.0 Å². The summed E-state index contributed by atoms with van der Waals surface area (Å²) in [5, 5.41) is 9.87. The van der Waals surface area contributed by atoms with Crippen molar-refractivity contribution >= 4 is 34.6 Å². The lowest BCUT2D eigenvalue weighted by molar-refractivity contribution is -0.145. The predicted molar refractivity (Wildman–Crippen MR) is 101 cm³/mol. The number of hydrogen-bond acceptors (Lipinski definition) is 4. The SMILES string of the molecule is O=C(O)C1CCCC(C(=O)N2CCC(c3nc4cc(Cl)ccc4o3)CC2)C1. The number of aliphatic carboxylic acids is 1. The maximum Gasteiger partial charge on any atom is 0.306 e. The summed E-state index contributed by atoms with van der Waals surface area (Å²) in [7, 11) is 0. The number of carboxylic acid groups (broad SMARTS) is 1. The van der Waals surface area contributed by atoms with Crippen molar-refractivity contribution in [1.29, 1.82) is 0 Å². The van der Waals surface area contributed by atoms with E-state index in [0.717, 1.165) is 36.8 Å². The van der Waals surface area contributed by atoms with Gasteiger partial charge < -0.3 is 14.4 Å². The molecule has 1 amide bonds. The molecule has 2 fully saturated rings. The number of carbonyl (C=O) groups excluding carboxylic acids is 1. The summed E-state index contributed by atoms with van der Waals surface area (Å²) in [6, 6.07) is 5.41. The number of aromatic nitrogens is 1. The van der Waals surface area contributed by atoms with Gasteiger partial charge in [-0.15, -0.1) is 0 Å². The molecule has 0 bridgehead atoms. The molecule has 2 aromatic rings. The zero-order valence-corrected chi connectivity index (χ0v) is 15.8. The molecular weight excluding hydrogens is 368 g/mol. The molecule has 7 heteroatoms. The third-order valence-electron chi connectivity index (χ3n) is 5.89. The minimum absolute atomic E-state index is 0.115. The Hall–Kier alpha value is -2.08. The first-order valence-electron chi connectivity index (χ1n) is 9.59. The Balaban J connectivity index is 1.38. The highest BCUT2D eigenvalue weighted by Crippen LogP contribution is 2.34. The van der Waals surface area contributed by atoms with Crippen LogP contribution in [0.15, 0.2) is 22.6 Å². The van der Waals surface area contributed by atoms with Crippen LogP contribution in [0.3, 0.4) is 0 Å². The van der Waals surface area contributed by atoms with Gasteiger partial charge in [0.25, 0.3) is 0 Å². The molecule has 1 aliphatic heterocycles. The van der Waals surface area contributed by atoms with Gasteiger partial charge in [0.05, 0.1) is 5.92 Å². The van der Waals surface area contributed by atoms with Gasteiger partial charge in [-0.3, -0.25) is 9.59 Å². The summed E-state index contributed by atoms with van der Waals surface area (Å²) in [4.78, 5) is 30.5. The Morgan fingerprint density at radius 3 is 2.63 bits per heavy atom. The van der Waals surface area contributed by atoms with Crippen LogP contribution in [-0.2, 0) is 9.59 Å². The fraction of sp³-hybridized carbons (Fsp3) is 0.550. The predicted octanol–water partition coefficient (Wildman–Crippen LogP) is 4.08. The lowest BCUT2D eigenvalue weighted by Crippen LogP contribution is -2.43. The van der Waals surface area contributed by atoms with Gasteiger partial charge in [0.1, 0.15) is 5.52 Å². The highest BCUT2D eigenvalue weighted by Gasteiger charge is 2.35. The average molecular weight is 391 g/mol. The summed E-state index contributed by atoms with van der Waals surface area (Å²) >= 11 is 6.01. The van der Waals surface area contributed by atoms with E-state index in [1.54, 1.807) is 12.1 Å². The van der Waals surface area contributed by atoms with Crippen LogP contribution in [0, 0.1) is 11.8 Å². The van der Waals surface area contributed by atoms with Crippen LogP contribution in [0.2, 0.25) is 5.02 Å². The van der Waals surface area contributed by atoms with Crippen LogP contribution in [0.5, 0.6) is 0 Å². The Morgan fingerprint density at radius 2 is 1.89 bits per heavy atom. The molecular formula is C20H23ClN2O4. The molecule has 1 N–H and O–H groups in total. The molecule has 144 valence electrons. The van der Waals surface area contributed by atoms with Crippen molar-refractivity contribution in [1.82, 2.24) is 9.88 Å². The fourth-order valence-electron chi connectivity index (χ4n) is 4.34. The number of rotatable bonds is 3. The Kier molecular flexibility index (Phi) is 5.08. The van der Waals surface area contributed by atoms with E-state index in [0.29, 0.717) is 36.8 Å². The molecule has 1 saturated carbocycles. The smallest absolute Gasteiger partial charge is 0.306 e. The van der Waals surface area contributed by atoms with Crippen molar-refractivity contribution in [2.24, 2.45) is 11.8 Å². The maximum atomic E-state index is 12.8. The summed E-state index contributed by atoms with van der Waals surface area (Å²) in [5.41, 5.74) is 1.49. The van der Waals surface area contributed by atoms with Crippen LogP contribution in [0.25, 0.3) is 11.1 Å². The van der Waals surface area contributed by atoms with E-state index in [-0.39, 0.29) is 23.7 Å². The first-order valence-corrected chi connectivity index (χ1v) is 9.96. The van der Waals surface area contributed by atoms with Gasteiger partial charge in [-0.2, -0.15) is 0 Å². The molecule has 0 radical (unpaired) electrons. The second kappa shape index (κ2) is 7.50. The van der Waals surface area contributed by atoms with Crippen LogP contribution in [0.4, 0.5) is 0 Å². The van der Waals surface area contributed by atoms with Crippen LogP contribution in [-0.4, -0.2) is 40.0 Å². The van der Waals surface area contributed by atoms with Gasteiger partial charge in [-0.25, -0.2) is 4.98 Å². The average Bonchev–Trinajstić information content (AvgIpc) is 3.10. The largest absolute Gasteiger partial charge is 0.481 e. The number of amides is 1. The number of hydrogen-bond donors (Lipinski definition) is 1. The van der Waals surface area contributed by atoms with Gasteiger partial charge in [0.2, 0.25) is 5.91 Å². The zero-order chi connectivity index (χ0) is 19.0. The van der Waals surface area contributed by atoms with E-state index >= 15 is 0 Å². The molecule has 1 aromatic heterocycles. The highest BCUT2D eigenvalue weighted by molar-refractivity contribution is 6.31. The van der Waals surface area contributed by atoms with Crippen molar-refractivity contribution in [3.63, 3.8) is 0 Å². The molecule has 27 heavy (non-hydrogen) atoms. The standard InChI is InChI=1S/C20H23ClN2O4/c21-15-4-5-17-16(11-15)22-18(27-17)12-6-8-23(9-7-12)19(24)13-2-1-3-14(10-13)20(25)26/h4-5,11-14H,1-3,6-10H2,(H,25,26). The van der Waals surface area contributed by atoms with E-state index in [1.807, 2.05) is 11.0 Å². The topological polar surface area (TPSA) is 83.6 Å².